The minimum atomic E-state index is -1.12. The van der Waals surface area contributed by atoms with Gasteiger partial charge in [-0.1, -0.05) is 12.1 Å². The van der Waals surface area contributed by atoms with Gasteiger partial charge in [0.25, 0.3) is 11.8 Å². The van der Waals surface area contributed by atoms with Crippen LogP contribution in [0.1, 0.15) is 34.1 Å². The van der Waals surface area contributed by atoms with E-state index in [1.807, 2.05) is 0 Å². The minimum absolute atomic E-state index is 0.0771. The lowest BCUT2D eigenvalue weighted by Crippen LogP contribution is -2.44. The smallest absolute Gasteiger partial charge is 0.404 e. The number of benzene rings is 1. The van der Waals surface area contributed by atoms with Gasteiger partial charge in [-0.05, 0) is 31.4 Å². The summed E-state index contributed by atoms with van der Waals surface area (Å²) < 4.78 is 5.21. The Hall–Kier alpha value is -2.41. The number of epoxide rings is 1. The van der Waals surface area contributed by atoms with Crippen LogP contribution in [0.3, 0.4) is 0 Å². The van der Waals surface area contributed by atoms with Gasteiger partial charge in [-0.3, -0.25) is 14.5 Å². The highest BCUT2D eigenvalue weighted by Crippen LogP contribution is 2.27. The fourth-order valence-corrected chi connectivity index (χ4v) is 2.93. The van der Waals surface area contributed by atoms with Crippen molar-refractivity contribution in [1.82, 2.24) is 10.2 Å². The van der Waals surface area contributed by atoms with Crippen molar-refractivity contribution in [2.75, 3.05) is 13.2 Å². The molecule has 0 aliphatic carbocycles. The molecular weight excluding hydrogens is 300 g/mol. The predicted molar refractivity (Wildman–Crippen MR) is 80.3 cm³/mol. The zero-order valence-electron chi connectivity index (χ0n) is 12.7. The van der Waals surface area contributed by atoms with Crippen LogP contribution in [0.15, 0.2) is 24.3 Å². The number of carboxylic acid groups (broad SMARTS) is 1. The maximum atomic E-state index is 12.4. The third-order valence-corrected chi connectivity index (χ3v) is 4.32. The van der Waals surface area contributed by atoms with Crippen LogP contribution < -0.4 is 5.32 Å². The van der Waals surface area contributed by atoms with E-state index in [0.29, 0.717) is 24.2 Å². The lowest BCUT2D eigenvalue weighted by molar-refractivity contribution is 0.0613. The highest BCUT2D eigenvalue weighted by molar-refractivity contribution is 6.21. The molecule has 0 radical (unpaired) electrons. The van der Waals surface area contributed by atoms with Crippen LogP contribution in [0.2, 0.25) is 0 Å². The maximum Gasteiger partial charge on any atom is 0.404 e. The van der Waals surface area contributed by atoms with Gasteiger partial charge in [-0.25, -0.2) is 4.79 Å². The second-order valence-corrected chi connectivity index (χ2v) is 5.96. The number of nitrogens with zero attached hydrogens (tertiary/aromatic N) is 1. The molecule has 2 N–H and O–H groups in total. The lowest BCUT2D eigenvalue weighted by Gasteiger charge is -2.27. The summed E-state index contributed by atoms with van der Waals surface area (Å²) in [6.45, 7) is 2.55. The summed E-state index contributed by atoms with van der Waals surface area (Å²) in [5.74, 6) is -0.842. The molecule has 1 aromatic rings. The molecule has 7 heteroatoms. The highest BCUT2D eigenvalue weighted by atomic mass is 16.6. The van der Waals surface area contributed by atoms with Crippen LogP contribution in [0, 0.1) is 5.92 Å². The van der Waals surface area contributed by atoms with Gasteiger partial charge < -0.3 is 15.2 Å². The summed E-state index contributed by atoms with van der Waals surface area (Å²) in [6.07, 6.45) is -0.440. The van der Waals surface area contributed by atoms with Crippen molar-refractivity contribution in [1.29, 1.82) is 0 Å². The zero-order valence-corrected chi connectivity index (χ0v) is 12.7. The summed E-state index contributed by atoms with van der Waals surface area (Å²) in [5.41, 5.74) is 0.801. The quantitative estimate of drug-likeness (QED) is 0.609. The summed E-state index contributed by atoms with van der Waals surface area (Å²) in [5, 5.41) is 11.3. The van der Waals surface area contributed by atoms with Crippen LogP contribution >= 0.6 is 0 Å². The van der Waals surface area contributed by atoms with Crippen molar-refractivity contribution in [2.24, 2.45) is 5.92 Å². The SMILES string of the molecule is C[C@@H](NC(=O)O)[C@@H](CC1CO1)CN1C(=O)c2ccccc2C1=O. The van der Waals surface area contributed by atoms with Gasteiger partial charge in [0.2, 0.25) is 0 Å². The Morgan fingerprint density at radius 1 is 1.35 bits per heavy atom. The van der Waals surface area contributed by atoms with E-state index in [0.717, 1.165) is 0 Å². The van der Waals surface area contributed by atoms with Crippen LogP contribution in [0.5, 0.6) is 0 Å². The molecule has 0 saturated carbocycles. The fraction of sp³-hybridized carbons (Fsp3) is 0.438. The van der Waals surface area contributed by atoms with Gasteiger partial charge in [-0.15, -0.1) is 0 Å². The number of hydrogen-bond acceptors (Lipinski definition) is 4. The summed E-state index contributed by atoms with van der Waals surface area (Å²) >= 11 is 0. The van der Waals surface area contributed by atoms with E-state index in [9.17, 15) is 14.4 Å². The third kappa shape index (κ3) is 3.19. The third-order valence-electron chi connectivity index (χ3n) is 4.32. The molecule has 0 spiro atoms. The normalized spacial score (nSPS) is 21.8. The number of carbonyl (C=O) groups is 3. The first-order valence-corrected chi connectivity index (χ1v) is 7.53. The fourth-order valence-electron chi connectivity index (χ4n) is 2.93. The number of hydrogen-bond donors (Lipinski definition) is 2. The van der Waals surface area contributed by atoms with E-state index < -0.39 is 6.09 Å². The first-order valence-electron chi connectivity index (χ1n) is 7.53. The van der Waals surface area contributed by atoms with Gasteiger partial charge in [0.1, 0.15) is 0 Å². The summed E-state index contributed by atoms with van der Waals surface area (Å²) in [6, 6.07) is 6.32. The lowest BCUT2D eigenvalue weighted by atomic mass is 9.95. The Balaban J connectivity index is 1.76. The number of amides is 3. The first kappa shape index (κ1) is 15.5. The molecule has 1 fully saturated rings. The van der Waals surface area contributed by atoms with Gasteiger partial charge in [-0.2, -0.15) is 0 Å². The second kappa shape index (κ2) is 6.00. The van der Waals surface area contributed by atoms with Crippen molar-refractivity contribution < 1.29 is 24.2 Å². The predicted octanol–water partition coefficient (Wildman–Crippen LogP) is 1.34. The molecule has 23 heavy (non-hydrogen) atoms. The summed E-state index contributed by atoms with van der Waals surface area (Å²) in [7, 11) is 0. The minimum Gasteiger partial charge on any atom is -0.465 e. The number of rotatable bonds is 6. The topological polar surface area (TPSA) is 99.2 Å². The molecule has 7 nitrogen and oxygen atoms in total. The number of fused-ring (bicyclic) bond motifs is 1. The van der Waals surface area contributed by atoms with Crippen LogP contribution in [-0.4, -0.2) is 53.2 Å². The molecule has 0 aromatic heterocycles. The standard InChI is InChI=1S/C16H18N2O5/c1-9(17-16(21)22)10(6-11-8-23-11)7-18-14(19)12-4-2-3-5-13(12)15(18)20/h2-5,9-11,17H,6-8H2,1H3,(H,21,22)/t9-,10+,11?/m1/s1. The van der Waals surface area contributed by atoms with Gasteiger partial charge in [0.05, 0.1) is 23.8 Å². The zero-order chi connectivity index (χ0) is 16.6. The molecule has 122 valence electrons. The van der Waals surface area contributed by atoms with Gasteiger partial charge >= 0.3 is 6.09 Å². The summed E-state index contributed by atoms with van der Waals surface area (Å²) in [4.78, 5) is 36.9. The molecule has 2 aliphatic heterocycles. The van der Waals surface area contributed by atoms with E-state index in [1.165, 1.54) is 4.90 Å². The van der Waals surface area contributed by atoms with Crippen molar-refractivity contribution in [3.8, 4) is 0 Å². The molecular formula is C16H18N2O5. The number of nitrogens with one attached hydrogen (secondary N) is 1. The van der Waals surface area contributed by atoms with E-state index in [2.05, 4.69) is 5.32 Å². The van der Waals surface area contributed by atoms with Crippen LogP contribution in [0.25, 0.3) is 0 Å². The largest absolute Gasteiger partial charge is 0.465 e. The number of ether oxygens (including phenoxy) is 1. The van der Waals surface area contributed by atoms with Crippen molar-refractivity contribution in [2.45, 2.75) is 25.5 Å². The number of carbonyl (C=O) groups excluding carboxylic acids is 2. The number of imide groups is 1. The van der Waals surface area contributed by atoms with E-state index >= 15 is 0 Å². The highest BCUT2D eigenvalue weighted by Gasteiger charge is 2.39. The maximum absolute atomic E-state index is 12.4. The Morgan fingerprint density at radius 3 is 2.39 bits per heavy atom. The van der Waals surface area contributed by atoms with Crippen molar-refractivity contribution >= 4 is 17.9 Å². The molecule has 3 atom stereocenters. The van der Waals surface area contributed by atoms with E-state index in [-0.39, 0.29) is 36.4 Å². The molecule has 3 rings (SSSR count). The van der Waals surface area contributed by atoms with E-state index in [4.69, 9.17) is 9.84 Å². The Morgan fingerprint density at radius 2 is 1.91 bits per heavy atom. The molecule has 1 aromatic carbocycles. The molecule has 1 saturated heterocycles. The average Bonchev–Trinajstić information content (AvgIpc) is 3.29. The molecule has 2 aliphatic rings. The van der Waals surface area contributed by atoms with Crippen molar-refractivity contribution in [3.05, 3.63) is 35.4 Å². The second-order valence-electron chi connectivity index (χ2n) is 5.96. The Labute approximate surface area is 133 Å². The molecule has 3 amide bonds. The van der Waals surface area contributed by atoms with Crippen LogP contribution in [0.4, 0.5) is 4.79 Å². The van der Waals surface area contributed by atoms with Crippen LogP contribution in [-0.2, 0) is 4.74 Å². The Bertz CT molecular complexity index is 621. The van der Waals surface area contributed by atoms with Gasteiger partial charge in [0.15, 0.2) is 0 Å². The average molecular weight is 318 g/mol. The molecule has 0 bridgehead atoms. The molecule has 2 heterocycles. The van der Waals surface area contributed by atoms with Crippen molar-refractivity contribution in [3.63, 3.8) is 0 Å². The monoisotopic (exact) mass is 318 g/mol. The van der Waals surface area contributed by atoms with Gasteiger partial charge in [0, 0.05) is 12.6 Å². The first-order chi connectivity index (χ1) is 11.0. The molecule has 1 unspecified atom stereocenters. The van der Waals surface area contributed by atoms with E-state index in [1.54, 1.807) is 31.2 Å². The Kier molecular flexibility index (Phi) is 4.04.